The summed E-state index contributed by atoms with van der Waals surface area (Å²) in [6.45, 7) is 9.10. The van der Waals surface area contributed by atoms with Crippen LogP contribution in [0.2, 0.25) is 0 Å². The zero-order valence-electron chi connectivity index (χ0n) is 23.7. The van der Waals surface area contributed by atoms with Crippen LogP contribution >= 0.6 is 0 Å². The number of fused-ring (bicyclic) bond motifs is 7. The van der Waals surface area contributed by atoms with E-state index in [0.717, 1.165) is 44.3 Å². The van der Waals surface area contributed by atoms with Crippen LogP contribution < -0.4 is 0 Å². The van der Waals surface area contributed by atoms with E-state index in [1.807, 2.05) is 6.08 Å². The molecule has 0 spiro atoms. The molecule has 0 radical (unpaired) electrons. The highest BCUT2D eigenvalue weighted by atomic mass is 16.8. The maximum absolute atomic E-state index is 14.2. The van der Waals surface area contributed by atoms with Gasteiger partial charge in [0.1, 0.15) is 0 Å². The molecule has 0 amide bonds. The molecular weight excluding hydrogens is 498 g/mol. The van der Waals surface area contributed by atoms with Crippen molar-refractivity contribution in [1.29, 1.82) is 0 Å². The number of aliphatic hydroxyl groups is 1. The number of likely N-dealkylation sites (tertiary alicyclic amines) is 1. The summed E-state index contributed by atoms with van der Waals surface area (Å²) in [7, 11) is 0. The van der Waals surface area contributed by atoms with Gasteiger partial charge in [0, 0.05) is 29.8 Å². The van der Waals surface area contributed by atoms with Crippen molar-refractivity contribution in [1.82, 2.24) is 4.90 Å². The van der Waals surface area contributed by atoms with E-state index >= 15 is 0 Å². The summed E-state index contributed by atoms with van der Waals surface area (Å²) in [5.74, 6) is -0.815. The molecule has 6 rings (SSSR count). The molecular formula is C31H43NO7. The highest BCUT2D eigenvalue weighted by molar-refractivity contribution is 6.01. The summed E-state index contributed by atoms with van der Waals surface area (Å²) in [4.78, 5) is 40.9. The fraction of sp³-hybridized carbons (Fsp3) is 0.774. The fourth-order valence-corrected chi connectivity index (χ4v) is 9.25. The molecule has 5 fully saturated rings. The zero-order chi connectivity index (χ0) is 27.7. The molecule has 6 aliphatic rings. The summed E-state index contributed by atoms with van der Waals surface area (Å²) in [6.07, 6.45) is 9.62. The molecule has 2 aliphatic heterocycles. The predicted octanol–water partition coefficient (Wildman–Crippen LogP) is 3.57. The first-order chi connectivity index (χ1) is 18.5. The maximum Gasteiger partial charge on any atom is 0.308 e. The molecule has 0 bridgehead atoms. The number of hydrogen-bond donors (Lipinski definition) is 1. The van der Waals surface area contributed by atoms with Gasteiger partial charge in [-0.2, -0.15) is 0 Å². The number of ether oxygens (including phenoxy) is 3. The highest BCUT2D eigenvalue weighted by Gasteiger charge is 2.76. The molecule has 214 valence electrons. The first-order valence-electron chi connectivity index (χ1n) is 14.9. The molecule has 1 N–H and O–H groups in total. The molecule has 3 unspecified atom stereocenters. The second-order valence-corrected chi connectivity index (χ2v) is 13.5. The van der Waals surface area contributed by atoms with Gasteiger partial charge in [-0.3, -0.25) is 19.3 Å². The average Bonchev–Trinajstić information content (AvgIpc) is 3.41. The lowest BCUT2D eigenvalue weighted by molar-refractivity contribution is -0.233. The Morgan fingerprint density at radius 2 is 1.95 bits per heavy atom. The molecule has 0 aromatic heterocycles. The minimum absolute atomic E-state index is 0.0116. The fourth-order valence-electron chi connectivity index (χ4n) is 9.25. The quantitative estimate of drug-likeness (QED) is 0.527. The Morgan fingerprint density at radius 1 is 1.21 bits per heavy atom. The van der Waals surface area contributed by atoms with Crippen molar-refractivity contribution in [3.05, 3.63) is 23.8 Å². The number of allylic oxidation sites excluding steroid dienone is 4. The molecule has 8 nitrogen and oxygen atoms in total. The summed E-state index contributed by atoms with van der Waals surface area (Å²) in [5, 5.41) is 11.9. The molecule has 39 heavy (non-hydrogen) atoms. The van der Waals surface area contributed by atoms with E-state index in [0.29, 0.717) is 12.8 Å². The van der Waals surface area contributed by atoms with Gasteiger partial charge in [-0.15, -0.1) is 0 Å². The van der Waals surface area contributed by atoms with E-state index in [-0.39, 0.29) is 41.8 Å². The number of carbonyl (C=O) groups excluding carboxylic acids is 3. The van der Waals surface area contributed by atoms with Gasteiger partial charge in [0.05, 0.1) is 18.1 Å². The Bertz CT molecular complexity index is 1110. The third-order valence-electron chi connectivity index (χ3n) is 11.1. The van der Waals surface area contributed by atoms with Crippen LogP contribution in [0.4, 0.5) is 0 Å². The first-order valence-corrected chi connectivity index (χ1v) is 14.9. The van der Waals surface area contributed by atoms with Crippen molar-refractivity contribution in [3.8, 4) is 0 Å². The summed E-state index contributed by atoms with van der Waals surface area (Å²) in [5.41, 5.74) is -1.27. The Labute approximate surface area is 231 Å². The van der Waals surface area contributed by atoms with E-state index in [9.17, 15) is 19.5 Å². The van der Waals surface area contributed by atoms with Crippen LogP contribution in [0.5, 0.6) is 0 Å². The minimum atomic E-state index is -1.29. The number of hydrogen-bond acceptors (Lipinski definition) is 8. The van der Waals surface area contributed by atoms with E-state index in [2.05, 4.69) is 18.7 Å². The van der Waals surface area contributed by atoms with Crippen LogP contribution in [0.25, 0.3) is 0 Å². The molecule has 3 saturated carbocycles. The third kappa shape index (κ3) is 3.96. The highest BCUT2D eigenvalue weighted by Crippen LogP contribution is 2.69. The van der Waals surface area contributed by atoms with Crippen molar-refractivity contribution < 1.29 is 33.7 Å². The number of nitrogens with zero attached hydrogens (tertiary/aromatic N) is 1. The molecule has 2 saturated heterocycles. The minimum Gasteiger partial charge on any atom is -0.457 e. The van der Waals surface area contributed by atoms with E-state index in [1.165, 1.54) is 6.42 Å². The van der Waals surface area contributed by atoms with Crippen LogP contribution in [0.3, 0.4) is 0 Å². The van der Waals surface area contributed by atoms with E-state index in [1.54, 1.807) is 26.0 Å². The molecule has 9 atom stereocenters. The largest absolute Gasteiger partial charge is 0.457 e. The Kier molecular flexibility index (Phi) is 6.73. The number of carbonyl (C=O) groups is 3. The van der Waals surface area contributed by atoms with Crippen molar-refractivity contribution in [3.63, 3.8) is 0 Å². The smallest absolute Gasteiger partial charge is 0.308 e. The SMILES string of the molecule is CC(C)C(=O)OCC(=O)[C@@]12O[C@H](N3CCCCC3)O[C@@H]1CC1C3CCC4=CC(=O)C=C[C@]4(C)C3[C@@H](O)C[C@@]12C. The normalized spacial score (nSPS) is 45.3. The first kappa shape index (κ1) is 27.3. The molecule has 4 aliphatic carbocycles. The number of aliphatic hydroxyl groups excluding tert-OH is 1. The average molecular weight is 542 g/mol. The second-order valence-electron chi connectivity index (χ2n) is 13.5. The number of ketones is 2. The van der Waals surface area contributed by atoms with Crippen molar-refractivity contribution in [2.45, 2.75) is 96.9 Å². The lowest BCUT2D eigenvalue weighted by Gasteiger charge is -2.59. The summed E-state index contributed by atoms with van der Waals surface area (Å²) in [6, 6.07) is 0. The monoisotopic (exact) mass is 541 g/mol. The third-order valence-corrected chi connectivity index (χ3v) is 11.1. The second kappa shape index (κ2) is 9.61. The maximum atomic E-state index is 14.2. The van der Waals surface area contributed by atoms with Crippen LogP contribution in [-0.4, -0.2) is 71.5 Å². The van der Waals surface area contributed by atoms with Gasteiger partial charge in [0.2, 0.25) is 12.2 Å². The predicted molar refractivity (Wildman–Crippen MR) is 142 cm³/mol. The number of rotatable bonds is 5. The van der Waals surface area contributed by atoms with Gasteiger partial charge in [-0.05, 0) is 62.5 Å². The van der Waals surface area contributed by atoms with Crippen LogP contribution in [0.1, 0.15) is 72.6 Å². The van der Waals surface area contributed by atoms with Gasteiger partial charge in [0.25, 0.3) is 0 Å². The van der Waals surface area contributed by atoms with Crippen molar-refractivity contribution >= 4 is 17.5 Å². The van der Waals surface area contributed by atoms with Crippen molar-refractivity contribution in [2.75, 3.05) is 19.7 Å². The van der Waals surface area contributed by atoms with Gasteiger partial charge < -0.3 is 19.3 Å². The van der Waals surface area contributed by atoms with Crippen LogP contribution in [-0.2, 0) is 28.6 Å². The number of piperidine rings is 1. The van der Waals surface area contributed by atoms with Crippen LogP contribution in [0, 0.1) is 34.5 Å². The lowest BCUT2D eigenvalue weighted by Crippen LogP contribution is -2.64. The summed E-state index contributed by atoms with van der Waals surface area (Å²) < 4.78 is 18.9. The Hall–Kier alpha value is -1.87. The lowest BCUT2D eigenvalue weighted by atomic mass is 9.46. The van der Waals surface area contributed by atoms with Gasteiger partial charge in [-0.1, -0.05) is 45.8 Å². The molecule has 0 aromatic rings. The van der Waals surface area contributed by atoms with E-state index in [4.69, 9.17) is 14.2 Å². The molecule has 8 heteroatoms. The Morgan fingerprint density at radius 3 is 2.67 bits per heavy atom. The number of Topliss-reactive ketones (excluding diaryl/α,β-unsaturated/α-hetero) is 1. The van der Waals surface area contributed by atoms with Gasteiger partial charge in [0.15, 0.2) is 18.0 Å². The van der Waals surface area contributed by atoms with Crippen LogP contribution in [0.15, 0.2) is 23.8 Å². The van der Waals surface area contributed by atoms with Gasteiger partial charge in [-0.25, -0.2) is 0 Å². The van der Waals surface area contributed by atoms with E-state index < -0.39 is 41.0 Å². The zero-order valence-corrected chi connectivity index (χ0v) is 23.7. The Balaban J connectivity index is 1.35. The van der Waals surface area contributed by atoms with Gasteiger partial charge >= 0.3 is 5.97 Å². The summed E-state index contributed by atoms with van der Waals surface area (Å²) >= 11 is 0. The molecule has 0 aromatic carbocycles. The van der Waals surface area contributed by atoms with Crippen molar-refractivity contribution in [2.24, 2.45) is 34.5 Å². The standard InChI is InChI=1S/C31H43NO7/c1-18(2)27(36)37-17-24(35)31-25(38-28(39-31)32-12-6-5-7-13-32)15-22-21-9-8-19-14-20(33)10-11-29(19,3)26(21)23(34)16-30(22,31)4/h10-11,14,18,21-23,25-26,28,34H,5-9,12-13,15-17H2,1-4H3/t21?,22?,23-,25+,26?,28+,29-,30-,31+/m0/s1. The molecule has 2 heterocycles. The number of esters is 1. The topological polar surface area (TPSA) is 102 Å².